The first-order valence-electron chi connectivity index (χ1n) is 5.99. The molecule has 2 rings (SSSR count). The summed E-state index contributed by atoms with van der Waals surface area (Å²) in [6.45, 7) is 3.52. The number of hydrogen-bond acceptors (Lipinski definition) is 4. The average Bonchev–Trinajstić information content (AvgIpc) is 2.87. The van der Waals surface area contributed by atoms with Gasteiger partial charge in [0.15, 0.2) is 5.69 Å². The highest BCUT2D eigenvalue weighted by molar-refractivity contribution is 5.92. The molecular weight excluding hydrogens is 260 g/mol. The highest BCUT2D eigenvalue weighted by atomic mass is 16.4. The first-order valence-corrected chi connectivity index (χ1v) is 5.99. The quantitative estimate of drug-likeness (QED) is 0.880. The lowest BCUT2D eigenvalue weighted by molar-refractivity contribution is -0.119. The summed E-state index contributed by atoms with van der Waals surface area (Å²) in [5.41, 5.74) is 0.883. The van der Waals surface area contributed by atoms with E-state index in [-0.39, 0.29) is 11.6 Å². The van der Waals surface area contributed by atoms with E-state index in [0.29, 0.717) is 5.82 Å². The van der Waals surface area contributed by atoms with Crippen molar-refractivity contribution < 1.29 is 14.7 Å². The maximum atomic E-state index is 12.0. The molecule has 20 heavy (non-hydrogen) atoms. The van der Waals surface area contributed by atoms with Crippen LogP contribution in [0.25, 0.3) is 0 Å². The molecule has 104 valence electrons. The van der Waals surface area contributed by atoms with Crippen molar-refractivity contribution in [3.05, 3.63) is 41.9 Å². The lowest BCUT2D eigenvalue weighted by atomic mass is 10.3. The summed E-state index contributed by atoms with van der Waals surface area (Å²) in [4.78, 5) is 26.8. The van der Waals surface area contributed by atoms with Crippen molar-refractivity contribution in [3.63, 3.8) is 0 Å². The molecule has 2 aromatic rings. The van der Waals surface area contributed by atoms with E-state index >= 15 is 0 Å². The number of nitrogens with one attached hydrogen (secondary N) is 1. The minimum absolute atomic E-state index is 0.0988. The Kier molecular flexibility index (Phi) is 3.79. The van der Waals surface area contributed by atoms with Crippen LogP contribution in [0.15, 0.2) is 30.6 Å². The standard InChI is InChI=1S/C13H14N4O3/c1-8-3-5-14-11(7-8)15-12(18)9(2)17-6-4-10(16-17)13(19)20/h3-7,9H,1-2H3,(H,19,20)(H,14,15,18). The number of aryl methyl sites for hydroxylation is 1. The number of amides is 1. The molecule has 7 heteroatoms. The molecule has 0 aliphatic rings. The van der Waals surface area contributed by atoms with Crippen LogP contribution in [0.2, 0.25) is 0 Å². The van der Waals surface area contributed by atoms with Gasteiger partial charge in [0.1, 0.15) is 11.9 Å². The normalized spacial score (nSPS) is 11.9. The Morgan fingerprint density at radius 1 is 1.40 bits per heavy atom. The fourth-order valence-electron chi connectivity index (χ4n) is 1.62. The number of aromatic nitrogens is 3. The number of carbonyl (C=O) groups excluding carboxylic acids is 1. The Bertz CT molecular complexity index is 651. The van der Waals surface area contributed by atoms with E-state index in [1.165, 1.54) is 16.9 Å². The molecule has 2 N–H and O–H groups in total. The Morgan fingerprint density at radius 3 is 2.75 bits per heavy atom. The molecule has 2 aromatic heterocycles. The second-order valence-corrected chi connectivity index (χ2v) is 4.37. The van der Waals surface area contributed by atoms with Crippen LogP contribution in [0.3, 0.4) is 0 Å². The van der Waals surface area contributed by atoms with Crippen molar-refractivity contribution >= 4 is 17.7 Å². The van der Waals surface area contributed by atoms with Crippen LogP contribution in [-0.4, -0.2) is 31.7 Å². The van der Waals surface area contributed by atoms with Crippen LogP contribution in [0, 0.1) is 6.92 Å². The van der Waals surface area contributed by atoms with Crippen LogP contribution in [0.4, 0.5) is 5.82 Å². The molecule has 0 radical (unpaired) electrons. The zero-order valence-electron chi connectivity index (χ0n) is 11.1. The van der Waals surface area contributed by atoms with E-state index in [1.807, 2.05) is 13.0 Å². The van der Waals surface area contributed by atoms with Gasteiger partial charge in [-0.2, -0.15) is 5.10 Å². The van der Waals surface area contributed by atoms with Gasteiger partial charge in [-0.1, -0.05) is 0 Å². The number of carboxylic acid groups (broad SMARTS) is 1. The summed E-state index contributed by atoms with van der Waals surface area (Å²) >= 11 is 0. The van der Waals surface area contributed by atoms with E-state index in [2.05, 4.69) is 15.4 Å². The van der Waals surface area contributed by atoms with Gasteiger partial charge in [0.25, 0.3) is 0 Å². The fourth-order valence-corrected chi connectivity index (χ4v) is 1.62. The molecule has 0 aliphatic carbocycles. The van der Waals surface area contributed by atoms with Crippen LogP contribution in [0.5, 0.6) is 0 Å². The smallest absolute Gasteiger partial charge is 0.356 e. The molecule has 0 aromatic carbocycles. The second-order valence-electron chi connectivity index (χ2n) is 4.37. The summed E-state index contributed by atoms with van der Waals surface area (Å²) in [5.74, 6) is -0.993. The molecule has 7 nitrogen and oxygen atoms in total. The van der Waals surface area contributed by atoms with Gasteiger partial charge in [-0.05, 0) is 37.6 Å². The van der Waals surface area contributed by atoms with Gasteiger partial charge in [0.2, 0.25) is 5.91 Å². The Morgan fingerprint density at radius 2 is 2.15 bits per heavy atom. The monoisotopic (exact) mass is 274 g/mol. The molecule has 1 amide bonds. The molecule has 0 aliphatic heterocycles. The van der Waals surface area contributed by atoms with Crippen LogP contribution in [0.1, 0.15) is 29.0 Å². The summed E-state index contributed by atoms with van der Waals surface area (Å²) in [6.07, 6.45) is 3.06. The molecule has 0 fully saturated rings. The predicted octanol–water partition coefficient (Wildman–Crippen LogP) is 1.48. The topological polar surface area (TPSA) is 97.1 Å². The number of carboxylic acids is 1. The van der Waals surface area contributed by atoms with E-state index in [1.54, 1.807) is 19.2 Å². The maximum Gasteiger partial charge on any atom is 0.356 e. The summed E-state index contributed by atoms with van der Waals surface area (Å²) < 4.78 is 1.30. The summed E-state index contributed by atoms with van der Waals surface area (Å²) in [7, 11) is 0. The molecule has 2 heterocycles. The number of pyridine rings is 1. The number of hydrogen-bond donors (Lipinski definition) is 2. The van der Waals surface area contributed by atoms with Gasteiger partial charge in [-0.25, -0.2) is 9.78 Å². The zero-order chi connectivity index (χ0) is 14.7. The third kappa shape index (κ3) is 3.00. The van der Waals surface area contributed by atoms with E-state index < -0.39 is 12.0 Å². The minimum atomic E-state index is -1.13. The third-order valence-electron chi connectivity index (χ3n) is 2.77. The van der Waals surface area contributed by atoms with Crippen LogP contribution < -0.4 is 5.32 Å². The molecule has 1 unspecified atom stereocenters. The molecule has 0 saturated carbocycles. The molecule has 1 atom stereocenters. The van der Waals surface area contributed by atoms with E-state index in [4.69, 9.17) is 5.11 Å². The Balaban J connectivity index is 2.10. The van der Waals surface area contributed by atoms with E-state index in [0.717, 1.165) is 5.56 Å². The van der Waals surface area contributed by atoms with Crippen molar-refractivity contribution in [2.24, 2.45) is 0 Å². The van der Waals surface area contributed by atoms with Gasteiger partial charge in [-0.3, -0.25) is 9.48 Å². The Hall–Kier alpha value is -2.70. The van der Waals surface area contributed by atoms with Crippen molar-refractivity contribution in [1.82, 2.24) is 14.8 Å². The Labute approximate surface area is 115 Å². The van der Waals surface area contributed by atoms with Crippen LogP contribution in [-0.2, 0) is 4.79 Å². The van der Waals surface area contributed by atoms with Crippen molar-refractivity contribution in [2.45, 2.75) is 19.9 Å². The maximum absolute atomic E-state index is 12.0. The first kappa shape index (κ1) is 13.7. The minimum Gasteiger partial charge on any atom is -0.476 e. The zero-order valence-corrected chi connectivity index (χ0v) is 11.1. The van der Waals surface area contributed by atoms with Gasteiger partial charge < -0.3 is 10.4 Å². The lowest BCUT2D eigenvalue weighted by Crippen LogP contribution is -2.24. The third-order valence-corrected chi connectivity index (χ3v) is 2.77. The predicted molar refractivity (Wildman–Crippen MR) is 71.5 cm³/mol. The second kappa shape index (κ2) is 5.52. The highest BCUT2D eigenvalue weighted by Crippen LogP contribution is 2.11. The molecule has 0 bridgehead atoms. The van der Waals surface area contributed by atoms with Gasteiger partial charge in [0, 0.05) is 12.4 Å². The summed E-state index contributed by atoms with van der Waals surface area (Å²) in [5, 5.41) is 15.3. The molecular formula is C13H14N4O3. The lowest BCUT2D eigenvalue weighted by Gasteiger charge is -2.12. The number of anilines is 1. The number of nitrogens with zero attached hydrogens (tertiary/aromatic N) is 3. The molecule has 0 saturated heterocycles. The van der Waals surface area contributed by atoms with Gasteiger partial charge >= 0.3 is 5.97 Å². The number of rotatable bonds is 4. The fraction of sp³-hybridized carbons (Fsp3) is 0.231. The SMILES string of the molecule is Cc1ccnc(NC(=O)C(C)n2ccc(C(=O)O)n2)c1. The average molecular weight is 274 g/mol. The number of aromatic carboxylic acids is 1. The van der Waals surface area contributed by atoms with Crippen LogP contribution >= 0.6 is 0 Å². The molecule has 0 spiro atoms. The van der Waals surface area contributed by atoms with Crippen molar-refractivity contribution in [2.75, 3.05) is 5.32 Å². The van der Waals surface area contributed by atoms with Gasteiger partial charge in [-0.15, -0.1) is 0 Å². The van der Waals surface area contributed by atoms with Crippen molar-refractivity contribution in [1.29, 1.82) is 0 Å². The van der Waals surface area contributed by atoms with E-state index in [9.17, 15) is 9.59 Å². The summed E-state index contributed by atoms with van der Waals surface area (Å²) in [6, 6.07) is 4.28. The highest BCUT2D eigenvalue weighted by Gasteiger charge is 2.18. The number of carbonyl (C=O) groups is 2. The largest absolute Gasteiger partial charge is 0.476 e. The van der Waals surface area contributed by atoms with Crippen molar-refractivity contribution in [3.8, 4) is 0 Å². The first-order chi connectivity index (χ1) is 9.47. The van der Waals surface area contributed by atoms with Gasteiger partial charge in [0.05, 0.1) is 0 Å².